The largest absolute Gasteiger partial charge is 0.502 e. The van der Waals surface area contributed by atoms with Gasteiger partial charge in [-0.05, 0) is 176 Å². The first-order valence-electron chi connectivity index (χ1n) is 36.9. The van der Waals surface area contributed by atoms with Gasteiger partial charge in [-0.25, -0.2) is 22.4 Å². The van der Waals surface area contributed by atoms with E-state index < -0.39 is 26.7 Å². The molecule has 0 unspecified atom stereocenters. The van der Waals surface area contributed by atoms with Crippen LogP contribution in [0.5, 0.6) is 23.0 Å². The normalized spacial score (nSPS) is 11.5. The standard InChI is InChI=1S/C17H19FN2O.C14H18FN3O.C13H16FNO.C12H14FN3O.C11H16N2.C10H13BrN2.C10H13ClN2/c1-13(19)20-12-14-2-4-15(5-3-14)16-6-8-17(9-7-16)21-11-10-18;1-10(16)17-6-4-11-9-18-14-3-2-12(8-13(11)14)19-7-5-15;1-2-3-10-9-15-13-5-4-11(8-12(10)13)16-7-6-14;1-9(14)16-8-10-3-4-12(17-6-5-13)11(7-10)15-2;1-3-11(12)13-8-10-6-4-5-9(2)7-10;2*1-2-10(12)13-7-8-4-3-5-9(11)6-8/h2-9H,10-12H2,1H3,(H2,19,20);2-3,8-9,18H,4-7H2,1H3,(H2,16,17);4-5,8-9,15H,2-3,6-7H2,1H3;3-4,7H,5-6,8H2,1H3,(H2,14,16);4-7H,3,8H2,1-2H3,(H2,12,13);2*3-6H,2,7H2,1H3,(H2,12,13). The van der Waals surface area contributed by atoms with Crippen molar-refractivity contribution in [3.05, 3.63) is 254 Å². The molecule has 0 saturated carbocycles. The van der Waals surface area contributed by atoms with Crippen LogP contribution in [0.15, 0.2) is 223 Å². The zero-order valence-electron chi connectivity index (χ0n) is 65.5. The van der Waals surface area contributed by atoms with Gasteiger partial charge in [0.15, 0.2) is 0 Å². The Balaban J connectivity index is 0.000000278. The molecule has 14 N–H and O–H groups in total. The summed E-state index contributed by atoms with van der Waals surface area (Å²) in [4.78, 5) is 34.8. The van der Waals surface area contributed by atoms with E-state index in [1.165, 1.54) is 27.6 Å². The van der Waals surface area contributed by atoms with Crippen molar-refractivity contribution in [2.24, 2.45) is 64.4 Å². The molecule has 8 aromatic carbocycles. The Morgan fingerprint density at radius 2 is 0.857 bits per heavy atom. The molecular weight excluding hydrogens is 1510 g/mol. The van der Waals surface area contributed by atoms with Crippen LogP contribution >= 0.6 is 27.5 Å². The van der Waals surface area contributed by atoms with E-state index in [1.807, 2.05) is 173 Å². The minimum Gasteiger partial charge on any atom is -0.502 e. The van der Waals surface area contributed by atoms with Gasteiger partial charge in [0.2, 0.25) is 5.69 Å². The summed E-state index contributed by atoms with van der Waals surface area (Å²) in [5.41, 5.74) is 47.1. The number of amidine groups is 6. The Bertz CT molecular complexity index is 4460. The van der Waals surface area contributed by atoms with E-state index in [2.05, 4.69) is 92.7 Å². The molecule has 10 aromatic rings. The number of nitrogens with zero attached hydrogens (tertiary/aromatic N) is 7. The van der Waals surface area contributed by atoms with Crippen LogP contribution < -0.4 is 53.3 Å². The molecule has 10 rings (SSSR count). The van der Waals surface area contributed by atoms with Gasteiger partial charge in [-0.1, -0.05) is 158 Å². The van der Waals surface area contributed by atoms with Crippen LogP contribution in [0.3, 0.4) is 0 Å². The number of fused-ring (bicyclic) bond motifs is 2. The second-order valence-electron chi connectivity index (χ2n) is 25.0. The maximum Gasteiger partial charge on any atom is 0.228 e. The molecule has 0 aliphatic carbocycles. The highest BCUT2D eigenvalue weighted by Gasteiger charge is 2.09. The summed E-state index contributed by atoms with van der Waals surface area (Å²) in [6, 6.07) is 56.5. The molecule has 0 spiro atoms. The lowest BCUT2D eigenvalue weighted by atomic mass is 10.0. The summed E-state index contributed by atoms with van der Waals surface area (Å²) >= 11 is 9.22. The first-order chi connectivity index (χ1) is 54.1. The van der Waals surface area contributed by atoms with Crippen molar-refractivity contribution in [3.8, 4) is 34.1 Å². The second kappa shape index (κ2) is 54.5. The van der Waals surface area contributed by atoms with E-state index >= 15 is 0 Å². The first kappa shape index (κ1) is 93.2. The van der Waals surface area contributed by atoms with Crippen molar-refractivity contribution in [2.75, 3.05) is 59.7 Å². The molecule has 598 valence electrons. The Morgan fingerprint density at radius 3 is 1.31 bits per heavy atom. The molecule has 19 nitrogen and oxygen atoms in total. The fourth-order valence-corrected chi connectivity index (χ4v) is 10.7. The lowest BCUT2D eigenvalue weighted by molar-refractivity contribution is 0.273. The van der Waals surface area contributed by atoms with Crippen molar-refractivity contribution in [3.63, 3.8) is 0 Å². The molecular formula is C87H109BrClF4N15O4. The highest BCUT2D eigenvalue weighted by molar-refractivity contribution is 9.10. The molecule has 0 fully saturated rings. The van der Waals surface area contributed by atoms with Gasteiger partial charge in [-0.15, -0.1) is 0 Å². The number of hydrogen-bond donors (Lipinski definition) is 8. The number of nitrogens with two attached hydrogens (primary N) is 6. The van der Waals surface area contributed by atoms with Crippen LogP contribution in [-0.4, -0.2) is 105 Å². The number of benzene rings is 8. The number of rotatable bonds is 31. The molecule has 2 aromatic heterocycles. The van der Waals surface area contributed by atoms with Crippen molar-refractivity contribution in [1.29, 1.82) is 0 Å². The molecule has 25 heteroatoms. The van der Waals surface area contributed by atoms with E-state index in [4.69, 9.17) is 71.5 Å². The zero-order valence-corrected chi connectivity index (χ0v) is 67.9. The molecule has 0 atom stereocenters. The minimum atomic E-state index is -0.574. The monoisotopic (exact) mass is 1620 g/mol. The SMILES string of the molecule is CC(N)=NCCc1c[nH]c2ccc(OCCF)cc12.CC(N)=NCc1ccc(-c2ccc(OCCF)cc2)cc1.CCC(N)=NCc1cccc(Br)c1.CCC(N)=NCc1cccc(C)c1.CCC(N)=NCc1cccc(Cl)c1.CCCc1c[nH]c2ccc(OCCF)cc12.[C-]#[N+]c1cc(CN=C(C)N)ccc1OCCF. The van der Waals surface area contributed by atoms with Crippen LogP contribution in [-0.2, 0) is 45.6 Å². The Hall–Kier alpha value is -11.2. The summed E-state index contributed by atoms with van der Waals surface area (Å²) in [6.07, 6.45) is 9.40. The van der Waals surface area contributed by atoms with Gasteiger partial charge in [0.25, 0.3) is 0 Å². The van der Waals surface area contributed by atoms with Gasteiger partial charge in [0, 0.05) is 69.5 Å². The molecule has 0 amide bonds. The summed E-state index contributed by atoms with van der Waals surface area (Å²) in [7, 11) is 0. The summed E-state index contributed by atoms with van der Waals surface area (Å²) in [5, 5.41) is 3.00. The Kier molecular flexibility index (Phi) is 45.3. The van der Waals surface area contributed by atoms with Crippen LogP contribution in [0.25, 0.3) is 37.8 Å². The number of aromatic amines is 2. The van der Waals surface area contributed by atoms with Gasteiger partial charge in [-0.3, -0.25) is 30.0 Å². The Morgan fingerprint density at radius 1 is 0.446 bits per heavy atom. The maximum absolute atomic E-state index is 12.1. The third-order valence-electron chi connectivity index (χ3n) is 15.8. The highest BCUT2D eigenvalue weighted by atomic mass is 79.9. The number of aromatic nitrogens is 2. The molecule has 0 bridgehead atoms. The topological polar surface area (TPSA) is 303 Å². The average molecular weight is 1620 g/mol. The van der Waals surface area contributed by atoms with E-state index in [-0.39, 0.29) is 26.4 Å². The molecule has 0 radical (unpaired) electrons. The fourth-order valence-electron chi connectivity index (χ4n) is 9.99. The maximum atomic E-state index is 12.1. The number of nitrogens with one attached hydrogen (secondary N) is 2. The van der Waals surface area contributed by atoms with E-state index in [1.54, 1.807) is 39.0 Å². The zero-order chi connectivity index (χ0) is 81.8. The van der Waals surface area contributed by atoms with Gasteiger partial charge >= 0.3 is 0 Å². The third kappa shape index (κ3) is 38.0. The Labute approximate surface area is 671 Å². The highest BCUT2D eigenvalue weighted by Crippen LogP contribution is 2.30. The number of aryl methyl sites for hydroxylation is 2. The third-order valence-corrected chi connectivity index (χ3v) is 16.5. The van der Waals surface area contributed by atoms with E-state index in [0.717, 1.165) is 109 Å². The predicted octanol–water partition coefficient (Wildman–Crippen LogP) is 19.5. The van der Waals surface area contributed by atoms with Crippen molar-refractivity contribution in [2.45, 2.75) is 127 Å². The quantitative estimate of drug-likeness (QED) is 0.00879. The van der Waals surface area contributed by atoms with Crippen LogP contribution in [0.1, 0.15) is 119 Å². The van der Waals surface area contributed by atoms with Crippen LogP contribution in [0, 0.1) is 13.5 Å². The summed E-state index contributed by atoms with van der Waals surface area (Å²) in [6.45, 7) is 24.4. The second-order valence-corrected chi connectivity index (χ2v) is 26.4. The molecule has 0 aliphatic heterocycles. The molecule has 0 saturated heterocycles. The van der Waals surface area contributed by atoms with Crippen LogP contribution in [0.2, 0.25) is 5.02 Å². The fraction of sp³-hybridized carbons (Fsp3) is 0.322. The molecule has 2 heterocycles. The van der Waals surface area contributed by atoms with Crippen LogP contribution in [0.4, 0.5) is 23.2 Å². The van der Waals surface area contributed by atoms with Gasteiger partial charge in [-0.2, -0.15) is 0 Å². The summed E-state index contributed by atoms with van der Waals surface area (Å²) < 4.78 is 70.1. The number of aliphatic imine (C=N–C) groups is 6. The number of alkyl halides is 4. The first-order valence-corrected chi connectivity index (χ1v) is 38.1. The average Bonchev–Trinajstić information content (AvgIpc) is 1.67. The van der Waals surface area contributed by atoms with Gasteiger partial charge < -0.3 is 63.3 Å². The molecule has 0 aliphatic rings. The van der Waals surface area contributed by atoms with Gasteiger partial charge in [0.05, 0.1) is 74.3 Å². The number of H-pyrrole nitrogens is 2. The smallest absolute Gasteiger partial charge is 0.228 e. The van der Waals surface area contributed by atoms with Crippen molar-refractivity contribution >= 4 is 90.0 Å². The molecule has 112 heavy (non-hydrogen) atoms. The van der Waals surface area contributed by atoms with E-state index in [9.17, 15) is 17.6 Å². The lowest BCUT2D eigenvalue weighted by Crippen LogP contribution is -2.09. The minimum absolute atomic E-state index is 0.0398. The van der Waals surface area contributed by atoms with Crippen molar-refractivity contribution < 1.29 is 36.5 Å². The number of hydrogen-bond acceptors (Lipinski definition) is 10. The predicted molar refractivity (Wildman–Crippen MR) is 463 cm³/mol. The summed E-state index contributed by atoms with van der Waals surface area (Å²) in [5.74, 6) is 6.28. The van der Waals surface area contributed by atoms with Gasteiger partial charge in [0.1, 0.15) is 76.1 Å². The van der Waals surface area contributed by atoms with Crippen molar-refractivity contribution in [1.82, 2.24) is 9.97 Å². The lowest BCUT2D eigenvalue weighted by Gasteiger charge is -2.07. The number of halogens is 6. The number of ether oxygens (including phenoxy) is 4. The van der Waals surface area contributed by atoms with E-state index in [0.29, 0.717) is 91.4 Å².